The van der Waals surface area contributed by atoms with Gasteiger partial charge in [0, 0.05) is 0 Å². The summed E-state index contributed by atoms with van der Waals surface area (Å²) in [7, 11) is -0.847. The minimum Gasteiger partial charge on any atom is -0.344 e. The first kappa shape index (κ1) is 18.8. The van der Waals surface area contributed by atoms with Crippen LogP contribution in [0.5, 0.6) is 0 Å². The first-order valence-electron chi connectivity index (χ1n) is 5.48. The Morgan fingerprint density at radius 1 is 1.12 bits per heavy atom. The Kier molecular flexibility index (Phi) is 10.0. The van der Waals surface area contributed by atoms with Gasteiger partial charge in [0.15, 0.2) is 0 Å². The van der Waals surface area contributed by atoms with Gasteiger partial charge in [-0.05, 0) is 6.55 Å². The van der Waals surface area contributed by atoms with E-state index in [1.54, 1.807) is 12.2 Å². The first-order valence-corrected chi connectivity index (χ1v) is 13.1. The molecular formula is C11H25Cl2NSi2. The lowest BCUT2D eigenvalue weighted by atomic mass is 10.3. The average molecular weight is 298 g/mol. The van der Waals surface area contributed by atoms with Crippen molar-refractivity contribution in [3.8, 4) is 0 Å². The maximum atomic E-state index is 5.50. The molecule has 0 radical (unpaired) electrons. The van der Waals surface area contributed by atoms with E-state index in [9.17, 15) is 0 Å². The average Bonchev–Trinajstić information content (AvgIpc) is 2.19. The molecule has 1 saturated heterocycles. The predicted molar refractivity (Wildman–Crippen MR) is 83.8 cm³/mol. The quantitative estimate of drug-likeness (QED) is 0.538. The lowest BCUT2D eigenvalue weighted by Gasteiger charge is -2.27. The fourth-order valence-electron chi connectivity index (χ4n) is 1.56. The van der Waals surface area contributed by atoms with Crippen LogP contribution in [0.4, 0.5) is 0 Å². The van der Waals surface area contributed by atoms with Crippen molar-refractivity contribution < 1.29 is 0 Å². The SMILES string of the molecule is C=C[Si](C)(Cl)Cl.C=C[Si]1(C)CCCCC1.N. The Morgan fingerprint density at radius 2 is 1.50 bits per heavy atom. The Balaban J connectivity index is 0. The zero-order chi connectivity index (χ0) is 11.9. The maximum Gasteiger partial charge on any atom is 0.270 e. The van der Waals surface area contributed by atoms with Gasteiger partial charge < -0.3 is 6.15 Å². The fraction of sp³-hybridized carbons (Fsp3) is 0.636. The van der Waals surface area contributed by atoms with E-state index in [-0.39, 0.29) is 6.15 Å². The van der Waals surface area contributed by atoms with Crippen LogP contribution in [-0.2, 0) is 0 Å². The Labute approximate surface area is 112 Å². The molecule has 1 nitrogen and oxygen atoms in total. The van der Waals surface area contributed by atoms with Crippen molar-refractivity contribution in [3.05, 3.63) is 24.6 Å². The molecule has 1 aliphatic heterocycles. The highest BCUT2D eigenvalue weighted by Crippen LogP contribution is 2.28. The van der Waals surface area contributed by atoms with Crippen LogP contribution in [0.15, 0.2) is 24.6 Å². The highest BCUT2D eigenvalue weighted by Gasteiger charge is 2.24. The molecule has 0 amide bonds. The van der Waals surface area contributed by atoms with Gasteiger partial charge in [-0.25, -0.2) is 0 Å². The third kappa shape index (κ3) is 9.66. The van der Waals surface area contributed by atoms with E-state index in [2.05, 4.69) is 25.4 Å². The van der Waals surface area contributed by atoms with Crippen LogP contribution in [0.3, 0.4) is 0 Å². The van der Waals surface area contributed by atoms with Crippen LogP contribution in [0, 0.1) is 0 Å². The van der Waals surface area contributed by atoms with E-state index < -0.39 is 14.8 Å². The Bertz CT molecular complexity index is 209. The highest BCUT2D eigenvalue weighted by atomic mass is 35.7. The van der Waals surface area contributed by atoms with Gasteiger partial charge in [0.25, 0.3) is 6.69 Å². The smallest absolute Gasteiger partial charge is 0.270 e. The Morgan fingerprint density at radius 3 is 1.69 bits per heavy atom. The van der Waals surface area contributed by atoms with Crippen LogP contribution in [0.1, 0.15) is 19.3 Å². The normalized spacial score (nSPS) is 18.5. The van der Waals surface area contributed by atoms with E-state index >= 15 is 0 Å². The molecule has 0 atom stereocenters. The molecule has 96 valence electrons. The minimum absolute atomic E-state index is 0. The van der Waals surface area contributed by atoms with E-state index in [0.29, 0.717) is 0 Å². The number of halogens is 2. The summed E-state index contributed by atoms with van der Waals surface area (Å²) in [6.07, 6.45) is 4.40. The zero-order valence-electron chi connectivity index (χ0n) is 10.6. The fourth-order valence-corrected chi connectivity index (χ4v) is 4.34. The van der Waals surface area contributed by atoms with Crippen LogP contribution in [0.25, 0.3) is 0 Å². The van der Waals surface area contributed by atoms with E-state index in [1.807, 2.05) is 0 Å². The molecule has 3 N–H and O–H groups in total. The molecule has 0 aromatic heterocycles. The standard InChI is InChI=1S/C8H16Si.C3H6Cl2Si.H3N/c1-3-9(2)7-5-4-6-8-9;1-3-6(2,4)5;/h3H,1,4-8H2,2H3;3H,1H2,2H3;1H3. The van der Waals surface area contributed by atoms with Crippen molar-refractivity contribution in [2.24, 2.45) is 0 Å². The largest absolute Gasteiger partial charge is 0.344 e. The van der Waals surface area contributed by atoms with Gasteiger partial charge in [-0.2, -0.15) is 0 Å². The lowest BCUT2D eigenvalue weighted by molar-refractivity contribution is 0.716. The third-order valence-corrected chi connectivity index (χ3v) is 8.47. The van der Waals surface area contributed by atoms with Crippen molar-refractivity contribution in [1.82, 2.24) is 6.15 Å². The topological polar surface area (TPSA) is 35.0 Å². The summed E-state index contributed by atoms with van der Waals surface area (Å²) in [4.78, 5) is 0. The Hall–Kier alpha value is 0.454. The maximum absolute atomic E-state index is 5.50. The highest BCUT2D eigenvalue weighted by molar-refractivity contribution is 7.47. The number of rotatable bonds is 2. The van der Waals surface area contributed by atoms with Gasteiger partial charge in [0.05, 0.1) is 8.07 Å². The summed E-state index contributed by atoms with van der Waals surface area (Å²) in [5.74, 6) is 0. The van der Waals surface area contributed by atoms with E-state index in [0.717, 1.165) is 0 Å². The predicted octanol–water partition coefficient (Wildman–Crippen LogP) is 5.40. The second-order valence-electron chi connectivity index (χ2n) is 4.58. The van der Waals surface area contributed by atoms with Crippen molar-refractivity contribution in [1.29, 1.82) is 0 Å². The molecule has 1 heterocycles. The van der Waals surface area contributed by atoms with Crippen LogP contribution < -0.4 is 6.15 Å². The molecule has 0 bridgehead atoms. The molecule has 0 aliphatic carbocycles. The third-order valence-electron chi connectivity index (χ3n) is 2.85. The molecule has 0 saturated carbocycles. The monoisotopic (exact) mass is 297 g/mol. The molecule has 0 aromatic rings. The molecule has 16 heavy (non-hydrogen) atoms. The van der Waals surface area contributed by atoms with E-state index in [4.69, 9.17) is 22.2 Å². The molecule has 0 aromatic carbocycles. The van der Waals surface area contributed by atoms with Crippen molar-refractivity contribution in [3.63, 3.8) is 0 Å². The van der Waals surface area contributed by atoms with Gasteiger partial charge in [-0.15, -0.1) is 41.0 Å². The van der Waals surface area contributed by atoms with Gasteiger partial charge in [0.1, 0.15) is 0 Å². The van der Waals surface area contributed by atoms with Gasteiger partial charge in [-0.1, -0.05) is 43.6 Å². The number of hydrogen-bond donors (Lipinski definition) is 1. The summed E-state index contributed by atoms with van der Waals surface area (Å²) < 4.78 is 0. The second-order valence-corrected chi connectivity index (χ2v) is 16.9. The van der Waals surface area contributed by atoms with Crippen molar-refractivity contribution in [2.75, 3.05) is 0 Å². The molecule has 0 spiro atoms. The molecule has 1 fully saturated rings. The summed E-state index contributed by atoms with van der Waals surface area (Å²) in [5, 5.41) is 0. The molecule has 5 heteroatoms. The molecule has 1 aliphatic rings. The van der Waals surface area contributed by atoms with Gasteiger partial charge >= 0.3 is 0 Å². The summed E-state index contributed by atoms with van der Waals surface area (Å²) in [5.41, 5.74) is 3.88. The van der Waals surface area contributed by atoms with Crippen LogP contribution >= 0.6 is 22.2 Å². The van der Waals surface area contributed by atoms with Gasteiger partial charge in [-0.3, -0.25) is 0 Å². The summed E-state index contributed by atoms with van der Waals surface area (Å²) in [6.45, 7) is 9.68. The second kappa shape index (κ2) is 8.53. The summed E-state index contributed by atoms with van der Waals surface area (Å²) in [6, 6.07) is 2.99. The first-order chi connectivity index (χ1) is 6.83. The number of hydrogen-bond acceptors (Lipinski definition) is 1. The molecule has 0 unspecified atom stereocenters. The van der Waals surface area contributed by atoms with Crippen molar-refractivity contribution in [2.45, 2.75) is 44.4 Å². The van der Waals surface area contributed by atoms with E-state index in [1.165, 1.54) is 31.4 Å². The lowest BCUT2D eigenvalue weighted by Crippen LogP contribution is -2.29. The van der Waals surface area contributed by atoms with Crippen LogP contribution in [0.2, 0.25) is 25.2 Å². The summed E-state index contributed by atoms with van der Waals surface area (Å²) >= 11 is 11.0. The van der Waals surface area contributed by atoms with Crippen molar-refractivity contribution >= 4 is 36.9 Å². The molecule has 1 rings (SSSR count). The molecular weight excluding hydrogens is 273 g/mol. The zero-order valence-corrected chi connectivity index (χ0v) is 14.1. The van der Waals surface area contributed by atoms with Crippen LogP contribution in [-0.4, -0.2) is 14.8 Å². The minimum atomic E-state index is -1.92. The van der Waals surface area contributed by atoms with Gasteiger partial charge in [0.2, 0.25) is 0 Å².